The Morgan fingerprint density at radius 2 is 2.00 bits per heavy atom. The first kappa shape index (κ1) is 18.0. The van der Waals surface area contributed by atoms with Gasteiger partial charge in [0.2, 0.25) is 5.91 Å². The van der Waals surface area contributed by atoms with Gasteiger partial charge >= 0.3 is 5.69 Å². The lowest BCUT2D eigenvalue weighted by atomic mass is 10.3. The van der Waals surface area contributed by atoms with Gasteiger partial charge in [-0.2, -0.15) is 0 Å². The molecule has 2 heterocycles. The lowest BCUT2D eigenvalue weighted by Crippen LogP contribution is -2.42. The van der Waals surface area contributed by atoms with Crippen molar-refractivity contribution in [1.82, 2.24) is 9.13 Å². The summed E-state index contributed by atoms with van der Waals surface area (Å²) in [5, 5.41) is 4.12. The number of carbonyl (C=O) groups excluding carboxylic acids is 1. The summed E-state index contributed by atoms with van der Waals surface area (Å²) in [6, 6.07) is 7.36. The number of benzene rings is 1. The van der Waals surface area contributed by atoms with Gasteiger partial charge in [-0.05, 0) is 23.6 Å². The van der Waals surface area contributed by atoms with Crippen molar-refractivity contribution in [2.45, 2.75) is 13.1 Å². The highest BCUT2D eigenvalue weighted by molar-refractivity contribution is 7.17. The molecule has 0 aliphatic rings. The number of hydrogen-bond acceptors (Lipinski definition) is 5. The van der Waals surface area contributed by atoms with Crippen molar-refractivity contribution in [3.8, 4) is 0 Å². The molecule has 0 spiro atoms. The van der Waals surface area contributed by atoms with Gasteiger partial charge in [0.25, 0.3) is 5.56 Å². The van der Waals surface area contributed by atoms with E-state index in [0.717, 1.165) is 4.57 Å². The number of methoxy groups -OCH3 is 1. The number of fused-ring (bicyclic) bond motifs is 1. The van der Waals surface area contributed by atoms with E-state index >= 15 is 0 Å². The fourth-order valence-electron chi connectivity index (χ4n) is 2.56. The average Bonchev–Trinajstić information content (AvgIpc) is 3.10. The van der Waals surface area contributed by atoms with Gasteiger partial charge in [-0.15, -0.1) is 11.3 Å². The summed E-state index contributed by atoms with van der Waals surface area (Å²) in [6.07, 6.45) is 0. The molecule has 0 aliphatic carbocycles. The van der Waals surface area contributed by atoms with Crippen molar-refractivity contribution in [3.63, 3.8) is 0 Å². The van der Waals surface area contributed by atoms with Crippen molar-refractivity contribution < 1.29 is 13.9 Å². The van der Waals surface area contributed by atoms with Crippen LogP contribution in [0.2, 0.25) is 0 Å². The summed E-state index contributed by atoms with van der Waals surface area (Å²) in [7, 11) is 1.47. The van der Waals surface area contributed by atoms with Gasteiger partial charge in [-0.25, -0.2) is 9.18 Å². The Kier molecular flexibility index (Phi) is 5.29. The van der Waals surface area contributed by atoms with Crippen molar-refractivity contribution in [3.05, 3.63) is 62.4 Å². The maximum atomic E-state index is 13.7. The molecule has 0 atom stereocenters. The van der Waals surface area contributed by atoms with E-state index in [9.17, 15) is 18.8 Å². The van der Waals surface area contributed by atoms with Crippen LogP contribution in [-0.4, -0.2) is 28.8 Å². The van der Waals surface area contributed by atoms with E-state index in [1.165, 1.54) is 41.2 Å². The molecule has 1 amide bonds. The molecule has 2 aromatic heterocycles. The number of para-hydroxylation sites is 1. The van der Waals surface area contributed by atoms with Crippen molar-refractivity contribution in [1.29, 1.82) is 0 Å². The van der Waals surface area contributed by atoms with Crippen LogP contribution in [0.4, 0.5) is 10.1 Å². The van der Waals surface area contributed by atoms with E-state index in [-0.39, 0.29) is 25.4 Å². The molecule has 3 rings (SSSR count). The van der Waals surface area contributed by atoms with Crippen LogP contribution in [0, 0.1) is 5.82 Å². The molecular weight excluding hydrogens is 361 g/mol. The number of carbonyl (C=O) groups is 1. The Morgan fingerprint density at radius 3 is 2.73 bits per heavy atom. The fourth-order valence-corrected chi connectivity index (χ4v) is 3.40. The molecule has 7 nitrogen and oxygen atoms in total. The highest BCUT2D eigenvalue weighted by Crippen LogP contribution is 2.16. The summed E-state index contributed by atoms with van der Waals surface area (Å²) in [6.45, 7) is -0.0714. The number of nitrogens with zero attached hydrogens (tertiary/aromatic N) is 2. The molecule has 3 aromatic rings. The zero-order valence-electron chi connectivity index (χ0n) is 13.9. The second-order valence-electron chi connectivity index (χ2n) is 5.48. The highest BCUT2D eigenvalue weighted by Gasteiger charge is 2.16. The van der Waals surface area contributed by atoms with Gasteiger partial charge in [-0.1, -0.05) is 12.1 Å². The fraction of sp³-hybridized carbons (Fsp3) is 0.235. The first-order chi connectivity index (χ1) is 12.5. The Labute approximate surface area is 151 Å². The van der Waals surface area contributed by atoms with Gasteiger partial charge in [-0.3, -0.25) is 18.7 Å². The summed E-state index contributed by atoms with van der Waals surface area (Å²) in [5.41, 5.74) is -0.619. The van der Waals surface area contributed by atoms with Crippen molar-refractivity contribution in [2.24, 2.45) is 0 Å². The van der Waals surface area contributed by atoms with E-state index in [1.54, 1.807) is 17.5 Å². The Bertz CT molecular complexity index is 1070. The Balaban J connectivity index is 1.98. The highest BCUT2D eigenvalue weighted by atomic mass is 32.1. The smallest absolute Gasteiger partial charge is 0.332 e. The van der Waals surface area contributed by atoms with E-state index in [2.05, 4.69) is 5.32 Å². The zero-order valence-corrected chi connectivity index (χ0v) is 14.7. The quantitative estimate of drug-likeness (QED) is 0.708. The van der Waals surface area contributed by atoms with E-state index in [0.29, 0.717) is 10.2 Å². The van der Waals surface area contributed by atoms with E-state index in [1.807, 2.05) is 0 Å². The van der Waals surface area contributed by atoms with Crippen LogP contribution >= 0.6 is 11.3 Å². The third kappa shape index (κ3) is 3.44. The number of aromatic nitrogens is 2. The molecule has 0 unspecified atom stereocenters. The summed E-state index contributed by atoms with van der Waals surface area (Å²) in [5.74, 6) is -1.14. The molecule has 0 bridgehead atoms. The average molecular weight is 377 g/mol. The van der Waals surface area contributed by atoms with E-state index < -0.39 is 23.0 Å². The second kappa shape index (κ2) is 7.63. The number of rotatable bonds is 6. The normalized spacial score (nSPS) is 11.0. The first-order valence-corrected chi connectivity index (χ1v) is 8.65. The SMILES string of the molecule is COCCn1c(=O)c2sccc2n(CC(=O)Nc2ccccc2F)c1=O. The number of anilines is 1. The van der Waals surface area contributed by atoms with Gasteiger partial charge in [0.15, 0.2) is 0 Å². The molecule has 136 valence electrons. The van der Waals surface area contributed by atoms with Crippen LogP contribution in [0.5, 0.6) is 0 Å². The second-order valence-corrected chi connectivity index (χ2v) is 6.40. The van der Waals surface area contributed by atoms with Crippen LogP contribution in [0.1, 0.15) is 0 Å². The van der Waals surface area contributed by atoms with Gasteiger partial charge in [0.1, 0.15) is 17.1 Å². The molecule has 0 aliphatic heterocycles. The van der Waals surface area contributed by atoms with Crippen LogP contribution in [0.15, 0.2) is 45.3 Å². The Morgan fingerprint density at radius 1 is 1.23 bits per heavy atom. The molecule has 0 saturated heterocycles. The lowest BCUT2D eigenvalue weighted by Gasteiger charge is -2.12. The first-order valence-electron chi connectivity index (χ1n) is 7.77. The molecule has 1 aromatic carbocycles. The molecule has 0 saturated carbocycles. The number of halogens is 1. The molecular formula is C17H16FN3O4S. The van der Waals surface area contributed by atoms with Gasteiger partial charge in [0.05, 0.1) is 24.4 Å². The Hall–Kier alpha value is -2.78. The van der Waals surface area contributed by atoms with Crippen LogP contribution in [-0.2, 0) is 22.6 Å². The third-order valence-corrected chi connectivity index (χ3v) is 4.70. The van der Waals surface area contributed by atoms with Crippen molar-refractivity contribution in [2.75, 3.05) is 19.0 Å². The maximum absolute atomic E-state index is 13.7. The monoisotopic (exact) mass is 377 g/mol. The number of ether oxygens (including phenoxy) is 1. The predicted octanol–water partition coefficient (Wildman–Crippen LogP) is 1.65. The molecule has 0 fully saturated rings. The molecule has 26 heavy (non-hydrogen) atoms. The topological polar surface area (TPSA) is 82.3 Å². The van der Waals surface area contributed by atoms with Crippen molar-refractivity contribution >= 4 is 33.1 Å². The number of hydrogen-bond donors (Lipinski definition) is 1. The molecule has 9 heteroatoms. The number of amides is 1. The summed E-state index contributed by atoms with van der Waals surface area (Å²) >= 11 is 1.19. The number of nitrogens with one attached hydrogen (secondary N) is 1. The summed E-state index contributed by atoms with van der Waals surface area (Å²) in [4.78, 5) is 37.4. The van der Waals surface area contributed by atoms with Crippen LogP contribution in [0.25, 0.3) is 10.2 Å². The third-order valence-electron chi connectivity index (χ3n) is 3.81. The summed E-state index contributed by atoms with van der Waals surface area (Å²) < 4.78 is 21.2. The minimum absolute atomic E-state index is 0.0276. The maximum Gasteiger partial charge on any atom is 0.332 e. The van der Waals surface area contributed by atoms with Crippen LogP contribution in [0.3, 0.4) is 0 Å². The largest absolute Gasteiger partial charge is 0.383 e. The molecule has 0 radical (unpaired) electrons. The standard InChI is InChI=1S/C17H16FN3O4S/c1-25-8-7-20-16(23)15-13(6-9-26-15)21(17(20)24)10-14(22)19-12-5-3-2-4-11(12)18/h2-6,9H,7-8,10H2,1H3,(H,19,22). The number of thiophene rings is 1. The predicted molar refractivity (Wildman–Crippen MR) is 97.3 cm³/mol. The van der Waals surface area contributed by atoms with Gasteiger partial charge < -0.3 is 10.1 Å². The van der Waals surface area contributed by atoms with E-state index in [4.69, 9.17) is 4.74 Å². The molecule has 1 N–H and O–H groups in total. The van der Waals surface area contributed by atoms with Gasteiger partial charge in [0, 0.05) is 7.11 Å². The lowest BCUT2D eigenvalue weighted by molar-refractivity contribution is -0.116. The zero-order chi connectivity index (χ0) is 18.7. The van der Waals surface area contributed by atoms with Crippen LogP contribution < -0.4 is 16.6 Å². The minimum atomic E-state index is -0.610. The minimum Gasteiger partial charge on any atom is -0.383 e.